The maximum Gasteiger partial charge on any atom is 0.0720 e. The maximum absolute atomic E-state index is 10.2. The van der Waals surface area contributed by atoms with Crippen molar-refractivity contribution in [1.82, 2.24) is 0 Å². The van der Waals surface area contributed by atoms with Gasteiger partial charge < -0.3 is 14.9 Å². The molecular formula is C17H24O3. The van der Waals surface area contributed by atoms with Crippen LogP contribution in [0.15, 0.2) is 42.5 Å². The summed E-state index contributed by atoms with van der Waals surface area (Å²) in [6, 6.07) is 10.0. The quantitative estimate of drug-likeness (QED) is 0.785. The summed E-state index contributed by atoms with van der Waals surface area (Å²) in [5.41, 5.74) is 1.12. The number of aliphatic hydroxyl groups is 2. The summed E-state index contributed by atoms with van der Waals surface area (Å²) in [6.45, 7) is 2.57. The van der Waals surface area contributed by atoms with E-state index in [4.69, 9.17) is 4.74 Å². The van der Waals surface area contributed by atoms with Crippen molar-refractivity contribution in [2.24, 2.45) is 11.8 Å². The Morgan fingerprint density at radius 1 is 1.25 bits per heavy atom. The van der Waals surface area contributed by atoms with E-state index in [9.17, 15) is 10.2 Å². The van der Waals surface area contributed by atoms with Crippen LogP contribution in [0, 0.1) is 11.8 Å². The van der Waals surface area contributed by atoms with Crippen LogP contribution in [0.4, 0.5) is 0 Å². The molecule has 0 heterocycles. The number of allylic oxidation sites excluding steroid dienone is 2. The second-order valence-corrected chi connectivity index (χ2v) is 5.45. The average Bonchev–Trinajstić information content (AvgIpc) is 2.79. The first-order valence-electron chi connectivity index (χ1n) is 7.31. The summed E-state index contributed by atoms with van der Waals surface area (Å²) in [5.74, 6) is 0.113. The lowest BCUT2D eigenvalue weighted by molar-refractivity contribution is -0.00899. The average molecular weight is 276 g/mol. The van der Waals surface area contributed by atoms with Crippen LogP contribution in [-0.2, 0) is 11.3 Å². The van der Waals surface area contributed by atoms with Crippen LogP contribution in [0.1, 0.15) is 25.3 Å². The van der Waals surface area contributed by atoms with E-state index in [2.05, 4.69) is 6.08 Å². The predicted molar refractivity (Wildman–Crippen MR) is 79.1 cm³/mol. The molecule has 1 saturated carbocycles. The van der Waals surface area contributed by atoms with E-state index >= 15 is 0 Å². The lowest BCUT2D eigenvalue weighted by Crippen LogP contribution is -2.26. The van der Waals surface area contributed by atoms with Gasteiger partial charge in [-0.05, 0) is 24.8 Å². The Bertz CT molecular complexity index is 416. The first-order chi connectivity index (χ1) is 9.76. The number of aliphatic hydroxyl groups excluding tert-OH is 2. The Morgan fingerprint density at radius 2 is 2.00 bits per heavy atom. The standard InChI is InChI=1S/C17H24O3/c1-2-3-9-14-15(11-18)17(10-16(14)19)20-12-13-7-5-4-6-8-13/h2-8,14-19H,9-12H2,1H3/b3-2-/t14-,15-,16+,17-/m1/s1. The molecule has 4 atom stereocenters. The van der Waals surface area contributed by atoms with Crippen molar-refractivity contribution in [3.63, 3.8) is 0 Å². The minimum Gasteiger partial charge on any atom is -0.396 e. The maximum atomic E-state index is 10.2. The van der Waals surface area contributed by atoms with Gasteiger partial charge in [-0.15, -0.1) is 0 Å². The molecule has 2 rings (SSSR count). The van der Waals surface area contributed by atoms with Gasteiger partial charge in [0.05, 0.1) is 18.8 Å². The Hall–Kier alpha value is -1.16. The van der Waals surface area contributed by atoms with Crippen molar-refractivity contribution in [2.45, 2.75) is 38.6 Å². The highest BCUT2D eigenvalue weighted by molar-refractivity contribution is 5.13. The number of benzene rings is 1. The molecule has 110 valence electrons. The molecule has 1 aromatic rings. The fourth-order valence-corrected chi connectivity index (χ4v) is 3.00. The van der Waals surface area contributed by atoms with Gasteiger partial charge in [0.1, 0.15) is 0 Å². The van der Waals surface area contributed by atoms with E-state index < -0.39 is 0 Å². The molecule has 0 bridgehead atoms. The van der Waals surface area contributed by atoms with E-state index in [1.165, 1.54) is 0 Å². The van der Waals surface area contributed by atoms with Gasteiger partial charge >= 0.3 is 0 Å². The van der Waals surface area contributed by atoms with Gasteiger partial charge in [-0.2, -0.15) is 0 Å². The van der Waals surface area contributed by atoms with Crippen LogP contribution in [-0.4, -0.2) is 29.0 Å². The third-order valence-corrected chi connectivity index (χ3v) is 4.16. The predicted octanol–water partition coefficient (Wildman–Crippen LogP) is 2.53. The molecule has 0 unspecified atom stereocenters. The Labute approximate surface area is 120 Å². The third kappa shape index (κ3) is 3.69. The van der Waals surface area contributed by atoms with Crippen LogP contribution in [0.3, 0.4) is 0 Å². The molecular weight excluding hydrogens is 252 g/mol. The molecule has 3 nitrogen and oxygen atoms in total. The largest absolute Gasteiger partial charge is 0.396 e. The highest BCUT2D eigenvalue weighted by Gasteiger charge is 2.41. The van der Waals surface area contributed by atoms with Crippen molar-refractivity contribution < 1.29 is 14.9 Å². The molecule has 0 spiro atoms. The smallest absolute Gasteiger partial charge is 0.0720 e. The first-order valence-corrected chi connectivity index (χ1v) is 7.31. The van der Waals surface area contributed by atoms with Gasteiger partial charge in [-0.1, -0.05) is 42.5 Å². The van der Waals surface area contributed by atoms with Crippen LogP contribution in [0.5, 0.6) is 0 Å². The van der Waals surface area contributed by atoms with E-state index in [0.717, 1.165) is 12.0 Å². The highest BCUT2D eigenvalue weighted by Crippen LogP contribution is 2.37. The number of hydrogen-bond donors (Lipinski definition) is 2. The molecule has 1 aliphatic carbocycles. The van der Waals surface area contributed by atoms with Crippen LogP contribution >= 0.6 is 0 Å². The second-order valence-electron chi connectivity index (χ2n) is 5.45. The molecule has 1 aliphatic rings. The van der Waals surface area contributed by atoms with E-state index in [1.807, 2.05) is 43.3 Å². The summed E-state index contributed by atoms with van der Waals surface area (Å²) in [7, 11) is 0. The summed E-state index contributed by atoms with van der Waals surface area (Å²) >= 11 is 0. The Morgan fingerprint density at radius 3 is 2.65 bits per heavy atom. The first kappa shape index (κ1) is 15.2. The van der Waals surface area contributed by atoms with Crippen LogP contribution < -0.4 is 0 Å². The number of hydrogen-bond acceptors (Lipinski definition) is 3. The van der Waals surface area contributed by atoms with Crippen molar-refractivity contribution in [1.29, 1.82) is 0 Å². The lowest BCUT2D eigenvalue weighted by Gasteiger charge is -2.22. The van der Waals surface area contributed by atoms with E-state index in [0.29, 0.717) is 13.0 Å². The molecule has 0 radical (unpaired) electrons. The molecule has 20 heavy (non-hydrogen) atoms. The fourth-order valence-electron chi connectivity index (χ4n) is 3.00. The molecule has 2 N–H and O–H groups in total. The zero-order valence-corrected chi connectivity index (χ0v) is 12.0. The van der Waals surface area contributed by atoms with Gasteiger partial charge in [0.25, 0.3) is 0 Å². The third-order valence-electron chi connectivity index (χ3n) is 4.16. The van der Waals surface area contributed by atoms with Crippen molar-refractivity contribution in [3.05, 3.63) is 48.0 Å². The lowest BCUT2D eigenvalue weighted by atomic mass is 9.91. The van der Waals surface area contributed by atoms with E-state index in [-0.39, 0.29) is 30.7 Å². The molecule has 0 amide bonds. The van der Waals surface area contributed by atoms with Gasteiger partial charge in [-0.25, -0.2) is 0 Å². The number of rotatable bonds is 6. The molecule has 1 fully saturated rings. The molecule has 1 aromatic carbocycles. The summed E-state index contributed by atoms with van der Waals surface area (Å²) in [6.07, 6.45) is 5.00. The minimum atomic E-state index is -0.385. The topological polar surface area (TPSA) is 49.7 Å². The van der Waals surface area contributed by atoms with E-state index in [1.54, 1.807) is 0 Å². The molecule has 0 aromatic heterocycles. The van der Waals surface area contributed by atoms with Gasteiger partial charge in [0.15, 0.2) is 0 Å². The zero-order chi connectivity index (χ0) is 14.4. The second kappa shape index (κ2) is 7.58. The molecule has 0 saturated heterocycles. The summed E-state index contributed by atoms with van der Waals surface area (Å²) < 4.78 is 5.93. The van der Waals surface area contributed by atoms with Crippen LogP contribution in [0.25, 0.3) is 0 Å². The molecule has 0 aliphatic heterocycles. The van der Waals surface area contributed by atoms with Gasteiger partial charge in [0.2, 0.25) is 0 Å². The summed E-state index contributed by atoms with van der Waals surface area (Å²) in [5, 5.41) is 19.8. The molecule has 3 heteroatoms. The minimum absolute atomic E-state index is 0.0184. The van der Waals surface area contributed by atoms with Gasteiger partial charge in [0, 0.05) is 18.9 Å². The monoisotopic (exact) mass is 276 g/mol. The van der Waals surface area contributed by atoms with Crippen molar-refractivity contribution >= 4 is 0 Å². The van der Waals surface area contributed by atoms with Gasteiger partial charge in [-0.3, -0.25) is 0 Å². The Kier molecular flexibility index (Phi) is 5.77. The SMILES string of the molecule is C/C=C\C[C@@H]1[C@@H](CO)[C@H](OCc2ccccc2)C[C@@H]1O. The fraction of sp³-hybridized carbons (Fsp3) is 0.529. The van der Waals surface area contributed by atoms with Crippen molar-refractivity contribution in [3.8, 4) is 0 Å². The van der Waals surface area contributed by atoms with Crippen molar-refractivity contribution in [2.75, 3.05) is 6.61 Å². The van der Waals surface area contributed by atoms with Crippen LogP contribution in [0.2, 0.25) is 0 Å². The Balaban J connectivity index is 1.94. The zero-order valence-electron chi connectivity index (χ0n) is 12.0. The summed E-state index contributed by atoms with van der Waals surface area (Å²) in [4.78, 5) is 0. The number of ether oxygens (including phenoxy) is 1. The highest BCUT2D eigenvalue weighted by atomic mass is 16.5. The normalized spacial score (nSPS) is 30.1.